The zero-order chi connectivity index (χ0) is 9.61. The minimum Gasteiger partial charge on any atom is -0.393 e. The van der Waals surface area contributed by atoms with Gasteiger partial charge in [-0.05, 0) is 33.7 Å². The second-order valence-corrected chi connectivity index (χ2v) is 3.88. The molecule has 0 aromatic rings. The standard InChI is InChI=1S/C9H21NO2/c1-8(11)5-6-10-9(2,3)7-12-4/h8,10-11H,5-7H2,1-4H3. The van der Waals surface area contributed by atoms with E-state index in [2.05, 4.69) is 19.2 Å². The number of hydrogen-bond donors (Lipinski definition) is 2. The van der Waals surface area contributed by atoms with Gasteiger partial charge in [-0.25, -0.2) is 0 Å². The van der Waals surface area contributed by atoms with Crippen molar-refractivity contribution in [3.05, 3.63) is 0 Å². The van der Waals surface area contributed by atoms with Crippen LogP contribution in [0.25, 0.3) is 0 Å². The van der Waals surface area contributed by atoms with Crippen LogP contribution >= 0.6 is 0 Å². The zero-order valence-corrected chi connectivity index (χ0v) is 8.55. The van der Waals surface area contributed by atoms with E-state index in [1.54, 1.807) is 14.0 Å². The van der Waals surface area contributed by atoms with Crippen molar-refractivity contribution in [1.82, 2.24) is 5.32 Å². The number of methoxy groups -OCH3 is 1. The summed E-state index contributed by atoms with van der Waals surface area (Å²) in [5, 5.41) is 12.3. The normalized spacial score (nSPS) is 14.8. The van der Waals surface area contributed by atoms with Crippen molar-refractivity contribution < 1.29 is 9.84 Å². The lowest BCUT2D eigenvalue weighted by molar-refractivity contribution is 0.122. The molecule has 2 N–H and O–H groups in total. The summed E-state index contributed by atoms with van der Waals surface area (Å²) in [6.07, 6.45) is 0.559. The Labute approximate surface area is 75.1 Å². The van der Waals surface area contributed by atoms with Crippen LogP contribution in [0.2, 0.25) is 0 Å². The Morgan fingerprint density at radius 3 is 2.50 bits per heavy atom. The molecular weight excluding hydrogens is 154 g/mol. The Morgan fingerprint density at radius 2 is 2.08 bits per heavy atom. The smallest absolute Gasteiger partial charge is 0.0639 e. The van der Waals surface area contributed by atoms with Gasteiger partial charge in [-0.3, -0.25) is 0 Å². The highest BCUT2D eigenvalue weighted by molar-refractivity contribution is 4.76. The van der Waals surface area contributed by atoms with Gasteiger partial charge >= 0.3 is 0 Å². The van der Waals surface area contributed by atoms with E-state index >= 15 is 0 Å². The Kier molecular flexibility index (Phi) is 5.46. The number of aliphatic hydroxyl groups excluding tert-OH is 1. The maximum Gasteiger partial charge on any atom is 0.0639 e. The van der Waals surface area contributed by atoms with Crippen LogP contribution in [0.4, 0.5) is 0 Å². The molecule has 0 rings (SSSR count). The van der Waals surface area contributed by atoms with Gasteiger partial charge < -0.3 is 15.2 Å². The molecule has 0 saturated carbocycles. The first kappa shape index (κ1) is 11.9. The minimum atomic E-state index is -0.226. The molecule has 0 saturated heterocycles. The van der Waals surface area contributed by atoms with E-state index in [-0.39, 0.29) is 11.6 Å². The Hall–Kier alpha value is -0.120. The molecule has 0 spiro atoms. The summed E-state index contributed by atoms with van der Waals surface area (Å²) in [6, 6.07) is 0. The molecule has 12 heavy (non-hydrogen) atoms. The Bertz CT molecular complexity index is 113. The topological polar surface area (TPSA) is 41.5 Å². The molecule has 0 amide bonds. The van der Waals surface area contributed by atoms with Gasteiger partial charge in [-0.2, -0.15) is 0 Å². The summed E-state index contributed by atoms with van der Waals surface area (Å²) >= 11 is 0. The molecule has 3 heteroatoms. The van der Waals surface area contributed by atoms with E-state index in [9.17, 15) is 0 Å². The van der Waals surface area contributed by atoms with Crippen molar-refractivity contribution in [3.8, 4) is 0 Å². The summed E-state index contributed by atoms with van der Waals surface area (Å²) in [7, 11) is 1.69. The number of rotatable bonds is 6. The van der Waals surface area contributed by atoms with Gasteiger partial charge in [0.1, 0.15) is 0 Å². The summed E-state index contributed by atoms with van der Waals surface area (Å²) in [5.41, 5.74) is 0.00361. The lowest BCUT2D eigenvalue weighted by Crippen LogP contribution is -2.44. The first-order valence-electron chi connectivity index (χ1n) is 4.40. The molecule has 0 aliphatic rings. The van der Waals surface area contributed by atoms with Crippen LogP contribution < -0.4 is 5.32 Å². The fraction of sp³-hybridized carbons (Fsp3) is 1.00. The van der Waals surface area contributed by atoms with Gasteiger partial charge in [0.05, 0.1) is 12.7 Å². The average molecular weight is 175 g/mol. The third kappa shape index (κ3) is 6.58. The summed E-state index contributed by atoms with van der Waals surface area (Å²) in [4.78, 5) is 0. The molecule has 74 valence electrons. The number of ether oxygens (including phenoxy) is 1. The fourth-order valence-electron chi connectivity index (χ4n) is 1.03. The summed E-state index contributed by atoms with van der Waals surface area (Å²) < 4.78 is 5.04. The SMILES string of the molecule is COCC(C)(C)NCCC(C)O. The molecule has 1 unspecified atom stereocenters. The van der Waals surface area contributed by atoms with Crippen molar-refractivity contribution in [3.63, 3.8) is 0 Å². The first-order chi connectivity index (χ1) is 5.48. The number of nitrogens with one attached hydrogen (secondary N) is 1. The molecule has 0 aromatic heterocycles. The maximum atomic E-state index is 9.01. The van der Waals surface area contributed by atoms with Crippen molar-refractivity contribution in [1.29, 1.82) is 0 Å². The van der Waals surface area contributed by atoms with Crippen molar-refractivity contribution in [2.24, 2.45) is 0 Å². The predicted octanol–water partition coefficient (Wildman–Crippen LogP) is 0.772. The summed E-state index contributed by atoms with van der Waals surface area (Å²) in [6.45, 7) is 7.48. The number of aliphatic hydroxyl groups is 1. The second kappa shape index (κ2) is 5.51. The van der Waals surface area contributed by atoms with Gasteiger partial charge in [0, 0.05) is 12.6 Å². The molecule has 0 aliphatic carbocycles. The highest BCUT2D eigenvalue weighted by Gasteiger charge is 2.15. The van der Waals surface area contributed by atoms with Crippen LogP contribution in [-0.2, 0) is 4.74 Å². The van der Waals surface area contributed by atoms with Crippen LogP contribution in [0.5, 0.6) is 0 Å². The van der Waals surface area contributed by atoms with Gasteiger partial charge in [-0.15, -0.1) is 0 Å². The van der Waals surface area contributed by atoms with Crippen LogP contribution in [0.1, 0.15) is 27.2 Å². The highest BCUT2D eigenvalue weighted by atomic mass is 16.5. The van der Waals surface area contributed by atoms with E-state index in [1.807, 2.05) is 0 Å². The monoisotopic (exact) mass is 175 g/mol. The third-order valence-corrected chi connectivity index (χ3v) is 1.67. The highest BCUT2D eigenvalue weighted by Crippen LogP contribution is 2.02. The van der Waals surface area contributed by atoms with E-state index in [1.165, 1.54) is 0 Å². The molecule has 0 radical (unpaired) electrons. The molecule has 0 fully saturated rings. The predicted molar refractivity (Wildman–Crippen MR) is 50.3 cm³/mol. The average Bonchev–Trinajstić information content (AvgIpc) is 1.85. The van der Waals surface area contributed by atoms with Gasteiger partial charge in [0.25, 0.3) is 0 Å². The minimum absolute atomic E-state index is 0.00361. The van der Waals surface area contributed by atoms with Crippen molar-refractivity contribution in [2.75, 3.05) is 20.3 Å². The second-order valence-electron chi connectivity index (χ2n) is 3.88. The van der Waals surface area contributed by atoms with Gasteiger partial charge in [0.2, 0.25) is 0 Å². The lowest BCUT2D eigenvalue weighted by atomic mass is 10.1. The largest absolute Gasteiger partial charge is 0.393 e. The van der Waals surface area contributed by atoms with Crippen molar-refractivity contribution >= 4 is 0 Å². The first-order valence-corrected chi connectivity index (χ1v) is 4.40. The molecule has 3 nitrogen and oxygen atoms in total. The van der Waals surface area contributed by atoms with Crippen LogP contribution in [0.3, 0.4) is 0 Å². The molecule has 0 heterocycles. The third-order valence-electron chi connectivity index (χ3n) is 1.67. The van der Waals surface area contributed by atoms with Crippen LogP contribution in [0, 0.1) is 0 Å². The quantitative estimate of drug-likeness (QED) is 0.626. The van der Waals surface area contributed by atoms with Crippen molar-refractivity contribution in [2.45, 2.75) is 38.8 Å². The zero-order valence-electron chi connectivity index (χ0n) is 8.55. The van der Waals surface area contributed by atoms with Gasteiger partial charge in [-0.1, -0.05) is 0 Å². The molecule has 0 aromatic carbocycles. The molecule has 0 bridgehead atoms. The summed E-state index contributed by atoms with van der Waals surface area (Å²) in [5.74, 6) is 0. The van der Waals surface area contributed by atoms with E-state index in [0.717, 1.165) is 13.0 Å². The van der Waals surface area contributed by atoms with Gasteiger partial charge in [0.15, 0.2) is 0 Å². The maximum absolute atomic E-state index is 9.01. The van der Waals surface area contributed by atoms with Crippen LogP contribution in [-0.4, -0.2) is 37.0 Å². The number of hydrogen-bond acceptors (Lipinski definition) is 3. The Balaban J connectivity index is 3.46. The van der Waals surface area contributed by atoms with E-state index in [0.29, 0.717) is 6.61 Å². The lowest BCUT2D eigenvalue weighted by Gasteiger charge is -2.25. The molecule has 0 aliphatic heterocycles. The molecule has 1 atom stereocenters. The molecular formula is C9H21NO2. The van der Waals surface area contributed by atoms with E-state index in [4.69, 9.17) is 9.84 Å². The van der Waals surface area contributed by atoms with E-state index < -0.39 is 0 Å². The van der Waals surface area contributed by atoms with Crippen LogP contribution in [0.15, 0.2) is 0 Å². The fourth-order valence-corrected chi connectivity index (χ4v) is 1.03. The Morgan fingerprint density at radius 1 is 1.50 bits per heavy atom.